The van der Waals surface area contributed by atoms with Crippen LogP contribution < -0.4 is 5.32 Å². The first-order valence-electron chi connectivity index (χ1n) is 9.84. The van der Waals surface area contributed by atoms with E-state index in [0.717, 1.165) is 25.3 Å². The van der Waals surface area contributed by atoms with E-state index < -0.39 is 0 Å². The molecule has 5 rings (SSSR count). The van der Waals surface area contributed by atoms with Crippen LogP contribution in [0.5, 0.6) is 0 Å². The SMILES string of the molecule is CN(C)C(=O)NC1CC2c3cccc4[nH]c(C5CC5)c(c34)CC2N(C)C1. The minimum Gasteiger partial charge on any atom is -0.358 e. The molecule has 0 radical (unpaired) electrons. The Morgan fingerprint density at radius 1 is 1.31 bits per heavy atom. The number of aromatic amines is 1. The minimum atomic E-state index is 0.00854. The zero-order valence-corrected chi connectivity index (χ0v) is 15.9. The molecule has 138 valence electrons. The average molecular weight is 352 g/mol. The molecule has 1 saturated carbocycles. The van der Waals surface area contributed by atoms with Gasteiger partial charge in [-0.05, 0) is 55.8 Å². The Morgan fingerprint density at radius 2 is 2.12 bits per heavy atom. The number of urea groups is 1. The molecule has 2 fully saturated rings. The summed E-state index contributed by atoms with van der Waals surface area (Å²) in [6.07, 6.45) is 4.82. The van der Waals surface area contributed by atoms with E-state index in [0.29, 0.717) is 12.0 Å². The van der Waals surface area contributed by atoms with Gasteiger partial charge in [-0.1, -0.05) is 12.1 Å². The maximum absolute atomic E-state index is 12.1. The second-order valence-electron chi connectivity index (χ2n) is 8.66. The highest BCUT2D eigenvalue weighted by molar-refractivity contribution is 5.90. The lowest BCUT2D eigenvalue weighted by molar-refractivity contribution is 0.126. The number of nitrogens with one attached hydrogen (secondary N) is 2. The molecule has 5 heteroatoms. The van der Waals surface area contributed by atoms with Crippen LogP contribution in [0.3, 0.4) is 0 Å². The maximum Gasteiger partial charge on any atom is 0.317 e. The van der Waals surface area contributed by atoms with Crippen molar-refractivity contribution < 1.29 is 4.79 Å². The number of benzene rings is 1. The molecule has 1 aromatic heterocycles. The third kappa shape index (κ3) is 2.44. The zero-order valence-electron chi connectivity index (χ0n) is 15.9. The van der Waals surface area contributed by atoms with Crippen molar-refractivity contribution in [2.45, 2.75) is 49.6 Å². The molecular formula is C21H28N4O. The summed E-state index contributed by atoms with van der Waals surface area (Å²) in [6.45, 7) is 0.926. The van der Waals surface area contributed by atoms with Crippen molar-refractivity contribution >= 4 is 16.9 Å². The van der Waals surface area contributed by atoms with Gasteiger partial charge in [0.05, 0.1) is 0 Å². The van der Waals surface area contributed by atoms with Crippen LogP contribution in [0.25, 0.3) is 10.9 Å². The largest absolute Gasteiger partial charge is 0.358 e. The average Bonchev–Trinajstić information content (AvgIpc) is 3.39. The van der Waals surface area contributed by atoms with Crippen LogP contribution in [0, 0.1) is 0 Å². The Labute approximate surface area is 154 Å². The van der Waals surface area contributed by atoms with E-state index in [1.54, 1.807) is 24.6 Å². The zero-order chi connectivity index (χ0) is 18.0. The van der Waals surface area contributed by atoms with E-state index in [9.17, 15) is 4.79 Å². The van der Waals surface area contributed by atoms with E-state index in [4.69, 9.17) is 0 Å². The molecule has 1 aliphatic heterocycles. The predicted molar refractivity (Wildman–Crippen MR) is 104 cm³/mol. The van der Waals surface area contributed by atoms with Crippen molar-refractivity contribution in [1.29, 1.82) is 0 Å². The number of piperidine rings is 1. The monoisotopic (exact) mass is 352 g/mol. The summed E-state index contributed by atoms with van der Waals surface area (Å²) in [5.41, 5.74) is 5.86. The lowest BCUT2D eigenvalue weighted by atomic mass is 9.73. The van der Waals surface area contributed by atoms with Crippen LogP contribution in [0.1, 0.15) is 47.9 Å². The van der Waals surface area contributed by atoms with E-state index >= 15 is 0 Å². The van der Waals surface area contributed by atoms with Gasteiger partial charge in [-0.25, -0.2) is 4.79 Å². The van der Waals surface area contributed by atoms with Crippen LogP contribution in [0.2, 0.25) is 0 Å². The molecule has 2 N–H and O–H groups in total. The lowest BCUT2D eigenvalue weighted by Gasteiger charge is -2.46. The van der Waals surface area contributed by atoms with Gasteiger partial charge in [0.15, 0.2) is 0 Å². The van der Waals surface area contributed by atoms with Gasteiger partial charge in [0.1, 0.15) is 0 Å². The van der Waals surface area contributed by atoms with Gasteiger partial charge in [-0.3, -0.25) is 0 Å². The second kappa shape index (κ2) is 5.74. The van der Waals surface area contributed by atoms with Crippen molar-refractivity contribution in [2.75, 3.05) is 27.7 Å². The van der Waals surface area contributed by atoms with Crippen LogP contribution in [0.15, 0.2) is 18.2 Å². The number of carbonyl (C=O) groups is 1. The summed E-state index contributed by atoms with van der Waals surface area (Å²) in [5, 5.41) is 4.68. The van der Waals surface area contributed by atoms with Gasteiger partial charge < -0.3 is 20.1 Å². The molecule has 1 aromatic carbocycles. The summed E-state index contributed by atoms with van der Waals surface area (Å²) in [7, 11) is 5.83. The molecule has 3 atom stereocenters. The topological polar surface area (TPSA) is 51.4 Å². The molecule has 0 spiro atoms. The lowest BCUT2D eigenvalue weighted by Crippen LogP contribution is -2.56. The van der Waals surface area contributed by atoms with Gasteiger partial charge in [0.2, 0.25) is 0 Å². The summed E-state index contributed by atoms with van der Waals surface area (Å²) in [4.78, 5) is 20.0. The second-order valence-corrected chi connectivity index (χ2v) is 8.66. The standard InChI is InChI=1S/C21H28N4O/c1-24(2)21(26)22-13-9-15-14-5-4-6-17-19(14)16(10-18(15)25(3)11-13)20(23-17)12-7-8-12/h4-6,12-13,15,18,23H,7-11H2,1-3H3,(H,22,26). The summed E-state index contributed by atoms with van der Waals surface area (Å²) < 4.78 is 0. The molecule has 1 saturated heterocycles. The number of H-pyrrole nitrogens is 1. The normalized spacial score (nSPS) is 28.0. The number of likely N-dealkylation sites (tertiary alicyclic amines) is 1. The molecule has 3 unspecified atom stereocenters. The Kier molecular flexibility index (Phi) is 3.58. The van der Waals surface area contributed by atoms with Crippen LogP contribution in [-0.2, 0) is 6.42 Å². The van der Waals surface area contributed by atoms with Gasteiger partial charge in [0.25, 0.3) is 0 Å². The molecule has 5 nitrogen and oxygen atoms in total. The van der Waals surface area contributed by atoms with Gasteiger partial charge in [-0.15, -0.1) is 0 Å². The Bertz CT molecular complexity index is 866. The smallest absolute Gasteiger partial charge is 0.317 e. The van der Waals surface area contributed by atoms with Crippen molar-refractivity contribution in [3.05, 3.63) is 35.0 Å². The Balaban J connectivity index is 1.52. The summed E-state index contributed by atoms with van der Waals surface area (Å²) in [5.74, 6) is 1.24. The maximum atomic E-state index is 12.1. The van der Waals surface area contributed by atoms with Gasteiger partial charge >= 0.3 is 6.03 Å². The van der Waals surface area contributed by atoms with E-state index in [1.807, 2.05) is 0 Å². The molecule has 0 bridgehead atoms. The number of carbonyl (C=O) groups excluding carboxylic acids is 1. The first-order valence-corrected chi connectivity index (χ1v) is 9.84. The van der Waals surface area contributed by atoms with Crippen molar-refractivity contribution in [3.63, 3.8) is 0 Å². The number of rotatable bonds is 2. The fraction of sp³-hybridized carbons (Fsp3) is 0.571. The number of nitrogens with zero attached hydrogens (tertiary/aromatic N) is 2. The highest BCUT2D eigenvalue weighted by Gasteiger charge is 2.42. The molecule has 2 aliphatic carbocycles. The predicted octanol–water partition coefficient (Wildman–Crippen LogP) is 3.03. The quantitative estimate of drug-likeness (QED) is 0.873. The van der Waals surface area contributed by atoms with Crippen molar-refractivity contribution in [2.24, 2.45) is 0 Å². The fourth-order valence-corrected chi connectivity index (χ4v) is 5.19. The fourth-order valence-electron chi connectivity index (χ4n) is 5.19. The molecule has 26 heavy (non-hydrogen) atoms. The summed E-state index contributed by atoms with van der Waals surface area (Å²) >= 11 is 0. The van der Waals surface area contributed by atoms with Gasteiger partial charge in [-0.2, -0.15) is 0 Å². The molecule has 2 heterocycles. The van der Waals surface area contributed by atoms with Crippen LogP contribution >= 0.6 is 0 Å². The first-order chi connectivity index (χ1) is 12.5. The van der Waals surface area contributed by atoms with Gasteiger partial charge in [0, 0.05) is 55.2 Å². The number of hydrogen-bond donors (Lipinski definition) is 2. The highest BCUT2D eigenvalue weighted by atomic mass is 16.2. The molecule has 2 amide bonds. The third-order valence-electron chi connectivity index (χ3n) is 6.60. The van der Waals surface area contributed by atoms with E-state index in [2.05, 4.69) is 40.4 Å². The number of aromatic nitrogens is 1. The van der Waals surface area contributed by atoms with Crippen LogP contribution in [-0.4, -0.2) is 60.6 Å². The highest BCUT2D eigenvalue weighted by Crippen LogP contribution is 2.49. The number of fused-ring (bicyclic) bond motifs is 2. The van der Waals surface area contributed by atoms with E-state index in [-0.39, 0.29) is 12.1 Å². The Morgan fingerprint density at radius 3 is 2.85 bits per heavy atom. The Hall–Kier alpha value is -2.01. The first kappa shape index (κ1) is 16.2. The van der Waals surface area contributed by atoms with Crippen LogP contribution in [0.4, 0.5) is 4.79 Å². The third-order valence-corrected chi connectivity index (χ3v) is 6.60. The van der Waals surface area contributed by atoms with Crippen molar-refractivity contribution in [1.82, 2.24) is 20.1 Å². The minimum absolute atomic E-state index is 0.00854. The molecular weight excluding hydrogens is 324 g/mol. The molecule has 2 aromatic rings. The number of likely N-dealkylation sites (N-methyl/N-ethyl adjacent to an activating group) is 1. The number of amides is 2. The summed E-state index contributed by atoms with van der Waals surface area (Å²) in [6, 6.07) is 7.49. The van der Waals surface area contributed by atoms with E-state index in [1.165, 1.54) is 35.0 Å². The number of hydrogen-bond acceptors (Lipinski definition) is 2. The molecule has 3 aliphatic rings. The van der Waals surface area contributed by atoms with Crippen molar-refractivity contribution in [3.8, 4) is 0 Å².